The number of amides is 1. The lowest BCUT2D eigenvalue weighted by molar-refractivity contribution is -0.139. The molecule has 0 unspecified atom stereocenters. The molecule has 0 fully saturated rings. The van der Waals surface area contributed by atoms with Gasteiger partial charge in [-0.2, -0.15) is 0 Å². The number of carboxylic acid groups (broad SMARTS) is 1. The Bertz CT molecular complexity index is 471. The van der Waals surface area contributed by atoms with Crippen molar-refractivity contribution in [2.24, 2.45) is 5.92 Å². The summed E-state index contributed by atoms with van der Waals surface area (Å²) in [6, 6.07) is 5.91. The first-order valence-electron chi connectivity index (χ1n) is 6.71. The molecule has 0 saturated heterocycles. The number of nitrogens with one attached hydrogen (secondary N) is 1. The summed E-state index contributed by atoms with van der Waals surface area (Å²) in [7, 11) is 0. The minimum Gasteiger partial charge on any atom is -0.493 e. The summed E-state index contributed by atoms with van der Waals surface area (Å²) >= 11 is 0. The molecule has 1 aromatic carbocycles. The van der Waals surface area contributed by atoms with E-state index in [4.69, 9.17) is 9.84 Å². The topological polar surface area (TPSA) is 75.6 Å². The van der Waals surface area contributed by atoms with Crippen LogP contribution in [0, 0.1) is 5.92 Å². The number of carboxylic acids is 1. The summed E-state index contributed by atoms with van der Waals surface area (Å²) in [5.74, 6) is -0.817. The second-order valence-corrected chi connectivity index (χ2v) is 4.92. The van der Waals surface area contributed by atoms with Crippen molar-refractivity contribution in [1.82, 2.24) is 5.32 Å². The number of ether oxygens (including phenoxy) is 1. The molecule has 5 heteroatoms. The molecular weight excluding hydrogens is 258 g/mol. The first kappa shape index (κ1) is 16.0. The van der Waals surface area contributed by atoms with Gasteiger partial charge >= 0.3 is 5.97 Å². The Kier molecular flexibility index (Phi) is 6.03. The summed E-state index contributed by atoms with van der Waals surface area (Å²) in [5, 5.41) is 11.7. The van der Waals surface area contributed by atoms with E-state index in [0.717, 1.165) is 0 Å². The number of carbonyl (C=O) groups is 2. The van der Waals surface area contributed by atoms with Crippen LogP contribution in [0.1, 0.15) is 37.6 Å². The molecule has 1 atom stereocenters. The molecule has 110 valence electrons. The number of hydrogen-bond acceptors (Lipinski definition) is 3. The van der Waals surface area contributed by atoms with Crippen LogP contribution in [-0.4, -0.2) is 29.6 Å². The van der Waals surface area contributed by atoms with Crippen molar-refractivity contribution in [3.63, 3.8) is 0 Å². The van der Waals surface area contributed by atoms with Crippen LogP contribution in [0.15, 0.2) is 24.3 Å². The smallest absolute Gasteiger partial charge is 0.326 e. The van der Waals surface area contributed by atoms with Crippen LogP contribution in [-0.2, 0) is 4.79 Å². The van der Waals surface area contributed by atoms with Gasteiger partial charge in [0, 0.05) is 0 Å². The maximum Gasteiger partial charge on any atom is 0.326 e. The molecule has 1 aromatic rings. The van der Waals surface area contributed by atoms with Crippen molar-refractivity contribution in [2.45, 2.75) is 33.2 Å². The van der Waals surface area contributed by atoms with E-state index in [1.54, 1.807) is 24.3 Å². The Hall–Kier alpha value is -2.04. The third-order valence-corrected chi connectivity index (χ3v) is 2.74. The van der Waals surface area contributed by atoms with Crippen molar-refractivity contribution < 1.29 is 19.4 Å². The standard InChI is InChI=1S/C15H21NO4/c1-4-20-13-8-6-5-7-11(13)14(17)16-12(15(18)19)9-10(2)3/h5-8,10,12H,4,9H2,1-3H3,(H,16,17)(H,18,19)/t12-/m0/s1. The molecule has 5 nitrogen and oxygen atoms in total. The van der Waals surface area contributed by atoms with Gasteiger partial charge in [0.15, 0.2) is 0 Å². The van der Waals surface area contributed by atoms with Gasteiger partial charge in [-0.15, -0.1) is 0 Å². The molecule has 0 heterocycles. The van der Waals surface area contributed by atoms with Crippen LogP contribution in [0.4, 0.5) is 0 Å². The Morgan fingerprint density at radius 1 is 1.30 bits per heavy atom. The number of rotatable bonds is 7. The Morgan fingerprint density at radius 3 is 2.50 bits per heavy atom. The van der Waals surface area contributed by atoms with Crippen molar-refractivity contribution in [1.29, 1.82) is 0 Å². The number of benzene rings is 1. The molecule has 0 radical (unpaired) electrons. The number of carbonyl (C=O) groups excluding carboxylic acids is 1. The van der Waals surface area contributed by atoms with Gasteiger partial charge in [0.25, 0.3) is 5.91 Å². The molecule has 1 amide bonds. The van der Waals surface area contributed by atoms with Gasteiger partial charge in [0.2, 0.25) is 0 Å². The maximum atomic E-state index is 12.2. The highest BCUT2D eigenvalue weighted by molar-refractivity contribution is 5.98. The first-order valence-corrected chi connectivity index (χ1v) is 6.71. The number of aliphatic carboxylic acids is 1. The average Bonchev–Trinajstić information content (AvgIpc) is 2.38. The van der Waals surface area contributed by atoms with Crippen LogP contribution in [0.2, 0.25) is 0 Å². The van der Waals surface area contributed by atoms with Crippen molar-refractivity contribution >= 4 is 11.9 Å². The van der Waals surface area contributed by atoms with Crippen molar-refractivity contribution in [2.75, 3.05) is 6.61 Å². The molecule has 2 N–H and O–H groups in total. The van der Waals surface area contributed by atoms with E-state index in [-0.39, 0.29) is 5.92 Å². The summed E-state index contributed by atoms with van der Waals surface area (Å²) in [6.45, 7) is 6.10. The second kappa shape index (κ2) is 7.53. The zero-order valence-electron chi connectivity index (χ0n) is 12.1. The van der Waals surface area contributed by atoms with E-state index >= 15 is 0 Å². The zero-order chi connectivity index (χ0) is 15.1. The molecule has 0 aliphatic rings. The third-order valence-electron chi connectivity index (χ3n) is 2.74. The summed E-state index contributed by atoms with van der Waals surface area (Å²) in [5.41, 5.74) is 0.351. The van der Waals surface area contributed by atoms with Crippen LogP contribution in [0.3, 0.4) is 0 Å². The van der Waals surface area contributed by atoms with Crippen LogP contribution in [0.5, 0.6) is 5.75 Å². The van der Waals surface area contributed by atoms with E-state index in [1.807, 2.05) is 20.8 Å². The number of hydrogen-bond donors (Lipinski definition) is 2. The molecule has 0 bridgehead atoms. The predicted octanol–water partition coefficient (Wildman–Crippen LogP) is 2.31. The SMILES string of the molecule is CCOc1ccccc1C(=O)N[C@@H](CC(C)C)C(=O)O. The fourth-order valence-corrected chi connectivity index (χ4v) is 1.86. The molecule has 0 aliphatic heterocycles. The highest BCUT2D eigenvalue weighted by atomic mass is 16.5. The Labute approximate surface area is 118 Å². The van der Waals surface area contributed by atoms with Crippen LogP contribution in [0.25, 0.3) is 0 Å². The normalized spacial score (nSPS) is 12.0. The molecule has 20 heavy (non-hydrogen) atoms. The van der Waals surface area contributed by atoms with E-state index in [1.165, 1.54) is 0 Å². The van der Waals surface area contributed by atoms with Gasteiger partial charge in [0.1, 0.15) is 11.8 Å². The fourth-order valence-electron chi connectivity index (χ4n) is 1.86. The van der Waals surface area contributed by atoms with E-state index in [2.05, 4.69) is 5.32 Å². The molecule has 0 aliphatic carbocycles. The lowest BCUT2D eigenvalue weighted by Gasteiger charge is -2.17. The molecule has 0 aromatic heterocycles. The van der Waals surface area contributed by atoms with Gasteiger partial charge in [0.05, 0.1) is 12.2 Å². The fraction of sp³-hybridized carbons (Fsp3) is 0.467. The minimum atomic E-state index is -1.03. The summed E-state index contributed by atoms with van der Waals surface area (Å²) < 4.78 is 5.37. The molecular formula is C15H21NO4. The van der Waals surface area contributed by atoms with Crippen LogP contribution < -0.4 is 10.1 Å². The van der Waals surface area contributed by atoms with Crippen LogP contribution >= 0.6 is 0 Å². The highest BCUT2D eigenvalue weighted by Gasteiger charge is 2.23. The van der Waals surface area contributed by atoms with E-state index < -0.39 is 17.9 Å². The predicted molar refractivity (Wildman–Crippen MR) is 76.0 cm³/mol. The lowest BCUT2D eigenvalue weighted by Crippen LogP contribution is -2.41. The molecule has 0 spiro atoms. The summed E-state index contributed by atoms with van der Waals surface area (Å²) in [4.78, 5) is 23.3. The molecule has 1 rings (SSSR count). The third kappa shape index (κ3) is 4.57. The Balaban J connectivity index is 2.86. The highest BCUT2D eigenvalue weighted by Crippen LogP contribution is 2.18. The zero-order valence-corrected chi connectivity index (χ0v) is 12.1. The second-order valence-electron chi connectivity index (χ2n) is 4.92. The lowest BCUT2D eigenvalue weighted by atomic mass is 10.0. The van der Waals surface area contributed by atoms with Gasteiger partial charge < -0.3 is 15.2 Å². The monoisotopic (exact) mass is 279 g/mol. The van der Waals surface area contributed by atoms with E-state index in [9.17, 15) is 9.59 Å². The van der Waals surface area contributed by atoms with E-state index in [0.29, 0.717) is 24.3 Å². The summed E-state index contributed by atoms with van der Waals surface area (Å²) in [6.07, 6.45) is 0.387. The largest absolute Gasteiger partial charge is 0.493 e. The average molecular weight is 279 g/mol. The van der Waals surface area contributed by atoms with Crippen molar-refractivity contribution in [3.8, 4) is 5.75 Å². The van der Waals surface area contributed by atoms with Gasteiger partial charge in [-0.25, -0.2) is 4.79 Å². The maximum absolute atomic E-state index is 12.2. The Morgan fingerprint density at radius 2 is 1.95 bits per heavy atom. The van der Waals surface area contributed by atoms with Gasteiger partial charge in [-0.1, -0.05) is 26.0 Å². The quantitative estimate of drug-likeness (QED) is 0.803. The van der Waals surface area contributed by atoms with Crippen molar-refractivity contribution in [3.05, 3.63) is 29.8 Å². The van der Waals surface area contributed by atoms with Gasteiger partial charge in [-0.3, -0.25) is 4.79 Å². The number of para-hydroxylation sites is 1. The minimum absolute atomic E-state index is 0.179. The molecule has 0 saturated carbocycles. The first-order chi connectivity index (χ1) is 9.45. The van der Waals surface area contributed by atoms with Gasteiger partial charge in [-0.05, 0) is 31.4 Å².